The zero-order valence-corrected chi connectivity index (χ0v) is 22.7. The molecule has 39 heavy (non-hydrogen) atoms. The molecule has 6 heterocycles. The Balaban J connectivity index is 1.16. The molecule has 3 aromatic heterocycles. The molecule has 1 aromatic carbocycles. The van der Waals surface area contributed by atoms with Crippen LogP contribution in [-0.2, 0) is 17.7 Å². The molecule has 4 atom stereocenters. The molecule has 3 aliphatic heterocycles. The third-order valence-corrected chi connectivity index (χ3v) is 8.66. The Bertz CT molecular complexity index is 1580. The quantitative estimate of drug-likeness (QED) is 0.398. The summed E-state index contributed by atoms with van der Waals surface area (Å²) in [6.07, 6.45) is 8.37. The normalized spacial score (nSPS) is 24.2. The third kappa shape index (κ3) is 4.06. The maximum Gasteiger partial charge on any atom is 0.410 e. The van der Waals surface area contributed by atoms with Crippen LogP contribution in [0.4, 0.5) is 10.5 Å². The fraction of sp³-hybridized carbons (Fsp3) is 0.467. The molecule has 0 spiro atoms. The van der Waals surface area contributed by atoms with Crippen LogP contribution in [0.3, 0.4) is 0 Å². The van der Waals surface area contributed by atoms with Gasteiger partial charge in [0.15, 0.2) is 0 Å². The number of nitrogens with zero attached hydrogens (tertiary/aromatic N) is 6. The van der Waals surface area contributed by atoms with Gasteiger partial charge in [-0.15, -0.1) is 0 Å². The van der Waals surface area contributed by atoms with Crippen molar-refractivity contribution in [1.29, 1.82) is 0 Å². The van der Waals surface area contributed by atoms with E-state index in [4.69, 9.17) is 4.74 Å². The minimum absolute atomic E-state index is 0.0568. The number of imidazole rings is 1. The molecule has 0 unspecified atom stereocenters. The number of hydrogen-bond donors (Lipinski definition) is 0. The lowest BCUT2D eigenvalue weighted by Gasteiger charge is -2.30. The van der Waals surface area contributed by atoms with Gasteiger partial charge in [-0.2, -0.15) is 5.10 Å². The van der Waals surface area contributed by atoms with Crippen LogP contribution in [0, 0.1) is 11.8 Å². The molecule has 0 aliphatic carbocycles. The number of anilines is 1. The lowest BCUT2D eigenvalue weighted by atomic mass is 9.82. The number of pyridine rings is 1. The number of ether oxygens (including phenoxy) is 1. The second kappa shape index (κ2) is 8.83. The molecule has 3 saturated heterocycles. The highest BCUT2D eigenvalue weighted by molar-refractivity contribution is 5.93. The lowest BCUT2D eigenvalue weighted by Crippen LogP contribution is -2.40. The second-order valence-corrected chi connectivity index (χ2v) is 12.2. The summed E-state index contributed by atoms with van der Waals surface area (Å²) in [5.74, 6) is 0.788. The van der Waals surface area contributed by atoms with Gasteiger partial charge in [0.1, 0.15) is 11.2 Å². The van der Waals surface area contributed by atoms with Crippen molar-refractivity contribution in [2.24, 2.45) is 11.8 Å². The van der Waals surface area contributed by atoms with Crippen molar-refractivity contribution in [2.45, 2.75) is 64.3 Å². The average Bonchev–Trinajstić information content (AvgIpc) is 3.67. The van der Waals surface area contributed by atoms with E-state index in [0.717, 1.165) is 40.6 Å². The van der Waals surface area contributed by atoms with Crippen LogP contribution in [0.25, 0.3) is 16.4 Å². The molecular weight excluding hydrogens is 492 g/mol. The van der Waals surface area contributed by atoms with Crippen molar-refractivity contribution in [3.63, 3.8) is 0 Å². The summed E-state index contributed by atoms with van der Waals surface area (Å²) in [7, 11) is 0. The summed E-state index contributed by atoms with van der Waals surface area (Å²) in [6.45, 7) is 7.63. The molecule has 0 N–H and O–H groups in total. The van der Waals surface area contributed by atoms with E-state index < -0.39 is 5.60 Å². The van der Waals surface area contributed by atoms with Crippen molar-refractivity contribution < 1.29 is 9.53 Å². The molecule has 0 saturated carbocycles. The van der Waals surface area contributed by atoms with E-state index in [-0.39, 0.29) is 11.7 Å². The molecule has 202 valence electrons. The standard InChI is InChI=1S/C30H34N6O3/c1-30(2,3)39-29(38)34-17-21-22(18-34)24-11-10-23(21)36(24)25-8-6-7-19-15-31-35(28(37)27(19)25)14-12-20-16-33-13-5-4-9-26(33)32-20/h4-9,13,15-16,21-24H,10-12,14,17-18H2,1-3H3/t21-,22+,23-,24+. The fourth-order valence-corrected chi connectivity index (χ4v) is 7.12. The molecule has 9 heteroatoms. The van der Waals surface area contributed by atoms with Gasteiger partial charge in [-0.05, 0) is 51.8 Å². The van der Waals surface area contributed by atoms with Crippen LogP contribution in [0.2, 0.25) is 0 Å². The van der Waals surface area contributed by atoms with Gasteiger partial charge in [0.05, 0.1) is 29.5 Å². The summed E-state index contributed by atoms with van der Waals surface area (Å²) < 4.78 is 9.24. The molecule has 1 amide bonds. The average molecular weight is 527 g/mol. The molecule has 9 nitrogen and oxygen atoms in total. The minimum atomic E-state index is -0.498. The first-order chi connectivity index (χ1) is 18.8. The SMILES string of the molecule is CC(C)(C)OC(=O)N1C[C@@H]2[C@H](C1)[C@@H]1CC[C@H]2N1c1cccc2cnn(CCc3cn4ccccc4n3)c(=O)c12. The van der Waals surface area contributed by atoms with Gasteiger partial charge < -0.3 is 18.9 Å². The van der Waals surface area contributed by atoms with Crippen LogP contribution < -0.4 is 10.5 Å². The Morgan fingerprint density at radius 1 is 1.05 bits per heavy atom. The third-order valence-electron chi connectivity index (χ3n) is 8.66. The number of carbonyl (C=O) groups excluding carboxylic acids is 1. The highest BCUT2D eigenvalue weighted by atomic mass is 16.6. The first-order valence-electron chi connectivity index (χ1n) is 13.9. The van der Waals surface area contributed by atoms with Crippen LogP contribution in [-0.4, -0.2) is 60.9 Å². The Hall–Kier alpha value is -3.88. The number of likely N-dealkylation sites (tertiary alicyclic amines) is 1. The largest absolute Gasteiger partial charge is 0.444 e. The molecule has 3 aliphatic rings. The number of rotatable bonds is 4. The van der Waals surface area contributed by atoms with Gasteiger partial charge in [0.25, 0.3) is 5.56 Å². The van der Waals surface area contributed by atoms with Crippen molar-refractivity contribution in [3.05, 3.63) is 71.0 Å². The number of amides is 1. The Labute approximate surface area is 227 Å². The predicted octanol–water partition coefficient (Wildman–Crippen LogP) is 4.12. The van der Waals surface area contributed by atoms with E-state index in [1.54, 1.807) is 4.68 Å². The van der Waals surface area contributed by atoms with Gasteiger partial charge in [-0.1, -0.05) is 18.2 Å². The van der Waals surface area contributed by atoms with Crippen molar-refractivity contribution >= 4 is 28.2 Å². The van der Waals surface area contributed by atoms with Gasteiger partial charge in [0, 0.05) is 61.2 Å². The fourth-order valence-electron chi connectivity index (χ4n) is 7.12. The first-order valence-corrected chi connectivity index (χ1v) is 13.9. The van der Waals surface area contributed by atoms with E-state index >= 15 is 0 Å². The smallest absolute Gasteiger partial charge is 0.410 e. The van der Waals surface area contributed by atoms with Gasteiger partial charge in [0.2, 0.25) is 0 Å². The molecule has 7 rings (SSSR count). The lowest BCUT2D eigenvalue weighted by molar-refractivity contribution is 0.0280. The predicted molar refractivity (Wildman–Crippen MR) is 149 cm³/mol. The van der Waals surface area contributed by atoms with Crippen LogP contribution >= 0.6 is 0 Å². The number of fused-ring (bicyclic) bond motifs is 7. The van der Waals surface area contributed by atoms with Gasteiger partial charge >= 0.3 is 6.09 Å². The van der Waals surface area contributed by atoms with E-state index in [0.29, 0.717) is 50.0 Å². The maximum atomic E-state index is 13.8. The van der Waals surface area contributed by atoms with E-state index in [9.17, 15) is 9.59 Å². The number of hydrogen-bond acceptors (Lipinski definition) is 6. The maximum absolute atomic E-state index is 13.8. The zero-order valence-electron chi connectivity index (χ0n) is 22.7. The van der Waals surface area contributed by atoms with Crippen LogP contribution in [0.15, 0.2) is 59.8 Å². The van der Waals surface area contributed by atoms with E-state index in [1.807, 2.05) is 79.0 Å². The number of aryl methyl sites for hydroxylation is 2. The summed E-state index contributed by atoms with van der Waals surface area (Å²) in [6, 6.07) is 12.6. The molecule has 2 bridgehead atoms. The highest BCUT2D eigenvalue weighted by Gasteiger charge is 2.57. The summed E-state index contributed by atoms with van der Waals surface area (Å²) in [5.41, 5.74) is 2.28. The summed E-state index contributed by atoms with van der Waals surface area (Å²) in [4.78, 5) is 35.7. The Morgan fingerprint density at radius 3 is 2.54 bits per heavy atom. The summed E-state index contributed by atoms with van der Waals surface area (Å²) in [5, 5.41) is 6.11. The number of aromatic nitrogens is 4. The van der Waals surface area contributed by atoms with Crippen molar-refractivity contribution in [2.75, 3.05) is 18.0 Å². The number of carbonyl (C=O) groups is 1. The van der Waals surface area contributed by atoms with Gasteiger partial charge in [-0.3, -0.25) is 4.79 Å². The van der Waals surface area contributed by atoms with Crippen molar-refractivity contribution in [1.82, 2.24) is 24.1 Å². The highest BCUT2D eigenvalue weighted by Crippen LogP contribution is 2.52. The molecule has 4 aromatic rings. The van der Waals surface area contributed by atoms with Crippen LogP contribution in [0.5, 0.6) is 0 Å². The summed E-state index contributed by atoms with van der Waals surface area (Å²) >= 11 is 0. The molecule has 0 radical (unpaired) electrons. The molecule has 3 fully saturated rings. The second-order valence-electron chi connectivity index (χ2n) is 12.2. The topological polar surface area (TPSA) is 85.0 Å². The van der Waals surface area contributed by atoms with E-state index in [1.165, 1.54) is 0 Å². The Kier molecular flexibility index (Phi) is 5.47. The minimum Gasteiger partial charge on any atom is -0.444 e. The monoisotopic (exact) mass is 526 g/mol. The number of benzene rings is 1. The molecular formula is C30H34N6O3. The first kappa shape index (κ1) is 24.2. The Morgan fingerprint density at radius 2 is 1.82 bits per heavy atom. The van der Waals surface area contributed by atoms with Crippen LogP contribution in [0.1, 0.15) is 39.3 Å². The van der Waals surface area contributed by atoms with Crippen molar-refractivity contribution in [3.8, 4) is 0 Å². The van der Waals surface area contributed by atoms with Gasteiger partial charge in [-0.25, -0.2) is 14.5 Å². The van der Waals surface area contributed by atoms with E-state index in [2.05, 4.69) is 21.0 Å². The zero-order chi connectivity index (χ0) is 26.9.